The number of hydrogen-bond donors (Lipinski definition) is 1. The summed E-state index contributed by atoms with van der Waals surface area (Å²) >= 11 is 3.47. The van der Waals surface area contributed by atoms with Gasteiger partial charge in [-0.15, -0.1) is 0 Å². The maximum absolute atomic E-state index is 9.75. The molecule has 0 heterocycles. The fourth-order valence-corrected chi connectivity index (χ4v) is 2.19. The highest BCUT2D eigenvalue weighted by atomic mass is 79.9. The normalized spacial score (nSPS) is 13.7. The van der Waals surface area contributed by atoms with Crippen LogP contribution < -0.4 is 4.74 Å². The molecule has 90 valence electrons. The Balaban J connectivity index is 3.49. The van der Waals surface area contributed by atoms with Crippen molar-refractivity contribution in [3.63, 3.8) is 0 Å². The van der Waals surface area contributed by atoms with Crippen LogP contribution in [-0.2, 0) is 5.41 Å². The van der Waals surface area contributed by atoms with Gasteiger partial charge in [-0.05, 0) is 24.5 Å². The third-order valence-electron chi connectivity index (χ3n) is 2.54. The van der Waals surface area contributed by atoms with Crippen molar-refractivity contribution in [3.05, 3.63) is 27.7 Å². The Labute approximate surface area is 106 Å². The Morgan fingerprint density at radius 2 is 1.88 bits per heavy atom. The molecule has 0 aromatic heterocycles. The molecule has 0 spiro atoms. The largest absolute Gasteiger partial charge is 0.496 e. The fourth-order valence-electron chi connectivity index (χ4n) is 1.71. The first-order chi connectivity index (χ1) is 7.27. The molecule has 1 aromatic rings. The van der Waals surface area contributed by atoms with Crippen LogP contribution in [0.25, 0.3) is 0 Å². The lowest BCUT2D eigenvalue weighted by atomic mass is 9.84. The van der Waals surface area contributed by atoms with Gasteiger partial charge in [-0.2, -0.15) is 0 Å². The van der Waals surface area contributed by atoms with Crippen LogP contribution in [-0.4, -0.2) is 12.2 Å². The smallest absolute Gasteiger partial charge is 0.128 e. The van der Waals surface area contributed by atoms with Gasteiger partial charge in [-0.1, -0.05) is 36.7 Å². The first-order valence-electron chi connectivity index (χ1n) is 5.33. The van der Waals surface area contributed by atoms with Crippen molar-refractivity contribution in [3.8, 4) is 5.75 Å². The lowest BCUT2D eigenvalue weighted by Gasteiger charge is -2.25. The van der Waals surface area contributed by atoms with Crippen LogP contribution in [0.5, 0.6) is 5.75 Å². The van der Waals surface area contributed by atoms with Crippen LogP contribution in [0.1, 0.15) is 44.9 Å². The minimum atomic E-state index is -0.534. The SMILES string of the molecule is COc1c(C(C)O)cc(Br)cc1C(C)(C)C. The summed E-state index contributed by atoms with van der Waals surface area (Å²) in [6.07, 6.45) is -0.534. The average molecular weight is 287 g/mol. The van der Waals surface area contributed by atoms with Crippen LogP contribution >= 0.6 is 15.9 Å². The minimum absolute atomic E-state index is 0.0151. The number of aliphatic hydroxyl groups excluding tert-OH is 1. The van der Waals surface area contributed by atoms with Gasteiger partial charge in [-0.25, -0.2) is 0 Å². The molecule has 0 amide bonds. The van der Waals surface area contributed by atoms with Gasteiger partial charge in [0.05, 0.1) is 13.2 Å². The van der Waals surface area contributed by atoms with E-state index in [1.54, 1.807) is 14.0 Å². The number of rotatable bonds is 2. The summed E-state index contributed by atoms with van der Waals surface area (Å²) in [4.78, 5) is 0. The van der Waals surface area contributed by atoms with Crippen molar-refractivity contribution in [2.24, 2.45) is 0 Å². The number of hydrogen-bond acceptors (Lipinski definition) is 2. The molecule has 0 saturated carbocycles. The summed E-state index contributed by atoms with van der Waals surface area (Å²) in [6, 6.07) is 3.95. The second kappa shape index (κ2) is 4.76. The summed E-state index contributed by atoms with van der Waals surface area (Å²) in [5, 5.41) is 9.75. The minimum Gasteiger partial charge on any atom is -0.496 e. The zero-order valence-electron chi connectivity index (χ0n) is 10.5. The molecule has 1 aromatic carbocycles. The third kappa shape index (κ3) is 2.77. The number of methoxy groups -OCH3 is 1. The molecule has 0 bridgehead atoms. The highest BCUT2D eigenvalue weighted by Gasteiger charge is 2.23. The van der Waals surface area contributed by atoms with E-state index in [1.165, 1.54) is 0 Å². The van der Waals surface area contributed by atoms with E-state index in [0.29, 0.717) is 0 Å². The van der Waals surface area contributed by atoms with E-state index >= 15 is 0 Å². The molecule has 0 aliphatic rings. The summed E-state index contributed by atoms with van der Waals surface area (Å²) in [6.45, 7) is 8.13. The number of halogens is 1. The van der Waals surface area contributed by atoms with E-state index in [2.05, 4.69) is 36.7 Å². The van der Waals surface area contributed by atoms with Crippen molar-refractivity contribution in [1.82, 2.24) is 0 Å². The second-order valence-corrected chi connectivity index (χ2v) is 5.92. The molecule has 0 aliphatic carbocycles. The van der Waals surface area contributed by atoms with Gasteiger partial charge in [0.25, 0.3) is 0 Å². The third-order valence-corrected chi connectivity index (χ3v) is 3.00. The molecule has 16 heavy (non-hydrogen) atoms. The van der Waals surface area contributed by atoms with E-state index in [-0.39, 0.29) is 5.41 Å². The van der Waals surface area contributed by atoms with Crippen molar-refractivity contribution >= 4 is 15.9 Å². The standard InChI is InChI=1S/C13H19BrO2/c1-8(15)10-6-9(14)7-11(12(10)16-5)13(2,3)4/h6-8,15H,1-5H3. The summed E-state index contributed by atoms with van der Waals surface area (Å²) < 4.78 is 6.41. The molecule has 0 fully saturated rings. The van der Waals surface area contributed by atoms with Gasteiger partial charge in [0.1, 0.15) is 5.75 Å². The Morgan fingerprint density at radius 1 is 1.31 bits per heavy atom. The monoisotopic (exact) mass is 286 g/mol. The molecule has 3 heteroatoms. The van der Waals surface area contributed by atoms with E-state index in [4.69, 9.17) is 4.74 Å². The van der Waals surface area contributed by atoms with Crippen LogP contribution in [0.4, 0.5) is 0 Å². The first kappa shape index (κ1) is 13.5. The highest BCUT2D eigenvalue weighted by molar-refractivity contribution is 9.10. The van der Waals surface area contributed by atoms with Crippen LogP contribution in [0, 0.1) is 0 Å². The number of benzene rings is 1. The maximum Gasteiger partial charge on any atom is 0.128 e. The fraction of sp³-hybridized carbons (Fsp3) is 0.538. The zero-order valence-corrected chi connectivity index (χ0v) is 12.1. The van der Waals surface area contributed by atoms with Crippen molar-refractivity contribution in [1.29, 1.82) is 0 Å². The summed E-state index contributed by atoms with van der Waals surface area (Å²) in [5.41, 5.74) is 1.90. The summed E-state index contributed by atoms with van der Waals surface area (Å²) in [7, 11) is 1.64. The average Bonchev–Trinajstić information content (AvgIpc) is 2.14. The van der Waals surface area contributed by atoms with Gasteiger partial charge in [0, 0.05) is 15.6 Å². The van der Waals surface area contributed by atoms with Crippen LogP contribution in [0.2, 0.25) is 0 Å². The van der Waals surface area contributed by atoms with Crippen molar-refractivity contribution in [2.75, 3.05) is 7.11 Å². The van der Waals surface area contributed by atoms with Gasteiger partial charge < -0.3 is 9.84 Å². The van der Waals surface area contributed by atoms with Gasteiger partial charge >= 0.3 is 0 Å². The lowest BCUT2D eigenvalue weighted by Crippen LogP contribution is -2.14. The Morgan fingerprint density at radius 3 is 2.25 bits per heavy atom. The molecule has 0 saturated heterocycles. The zero-order chi connectivity index (χ0) is 12.5. The molecule has 1 atom stereocenters. The van der Waals surface area contributed by atoms with Gasteiger partial charge in [0.15, 0.2) is 0 Å². The molecule has 1 N–H and O–H groups in total. The summed E-state index contributed by atoms with van der Waals surface area (Å²) in [5.74, 6) is 0.783. The quantitative estimate of drug-likeness (QED) is 0.896. The second-order valence-electron chi connectivity index (χ2n) is 5.00. The van der Waals surface area contributed by atoms with E-state index < -0.39 is 6.10 Å². The number of ether oxygens (including phenoxy) is 1. The highest BCUT2D eigenvalue weighted by Crippen LogP contribution is 2.38. The Bertz CT molecular complexity index is 378. The predicted molar refractivity (Wildman–Crippen MR) is 70.0 cm³/mol. The predicted octanol–water partition coefficient (Wildman–Crippen LogP) is 3.81. The van der Waals surface area contributed by atoms with Crippen molar-refractivity contribution in [2.45, 2.75) is 39.2 Å². The van der Waals surface area contributed by atoms with Crippen LogP contribution in [0.15, 0.2) is 16.6 Å². The Hall–Kier alpha value is -0.540. The van der Waals surface area contributed by atoms with Crippen molar-refractivity contribution < 1.29 is 9.84 Å². The molecular weight excluding hydrogens is 268 g/mol. The number of aliphatic hydroxyl groups is 1. The van der Waals surface area contributed by atoms with E-state index in [1.807, 2.05) is 12.1 Å². The molecule has 1 unspecified atom stereocenters. The molecule has 0 radical (unpaired) electrons. The molecule has 1 rings (SSSR count). The van der Waals surface area contributed by atoms with E-state index in [9.17, 15) is 5.11 Å². The lowest BCUT2D eigenvalue weighted by molar-refractivity contribution is 0.193. The molecule has 0 aliphatic heterocycles. The van der Waals surface area contributed by atoms with Gasteiger partial charge in [0.2, 0.25) is 0 Å². The molecular formula is C13H19BrO2. The van der Waals surface area contributed by atoms with E-state index in [0.717, 1.165) is 21.3 Å². The topological polar surface area (TPSA) is 29.5 Å². The Kier molecular flexibility index (Phi) is 4.02. The van der Waals surface area contributed by atoms with Gasteiger partial charge in [-0.3, -0.25) is 0 Å². The van der Waals surface area contributed by atoms with Crippen LogP contribution in [0.3, 0.4) is 0 Å². The maximum atomic E-state index is 9.75. The molecule has 2 nitrogen and oxygen atoms in total. The first-order valence-corrected chi connectivity index (χ1v) is 6.12.